The van der Waals surface area contributed by atoms with E-state index in [1.807, 2.05) is 0 Å². The van der Waals surface area contributed by atoms with Gasteiger partial charge in [-0.3, -0.25) is 0 Å². The molecule has 0 aliphatic heterocycles. The first-order valence-corrected chi connectivity index (χ1v) is 5.89. The molecule has 0 saturated carbocycles. The van der Waals surface area contributed by atoms with Gasteiger partial charge in [0.25, 0.3) is 0 Å². The Labute approximate surface area is 84.2 Å². The van der Waals surface area contributed by atoms with Crippen LogP contribution in [-0.4, -0.2) is 49.4 Å². The molecule has 0 saturated heterocycles. The normalized spacial score (nSPS) is 9.27. The number of carbonyl (C=O) groups is 1. The third-order valence-corrected chi connectivity index (χ3v) is 1.89. The summed E-state index contributed by atoms with van der Waals surface area (Å²) in [6.07, 6.45) is 2.33. The van der Waals surface area contributed by atoms with Crippen LogP contribution in [0.5, 0.6) is 0 Å². The minimum atomic E-state index is -0.212. The van der Waals surface area contributed by atoms with E-state index in [1.54, 1.807) is 33.7 Å². The van der Waals surface area contributed by atoms with Crippen molar-refractivity contribution in [3.8, 4) is 0 Å². The quantitative estimate of drug-likeness (QED) is 0.363. The van der Waals surface area contributed by atoms with Crippen molar-refractivity contribution in [2.45, 2.75) is 19.3 Å². The van der Waals surface area contributed by atoms with Crippen LogP contribution in [0.15, 0.2) is 4.99 Å². The van der Waals surface area contributed by atoms with Crippen molar-refractivity contribution < 1.29 is 4.79 Å². The molecule has 64 valence electrons. The number of amides is 1. The van der Waals surface area contributed by atoms with E-state index in [2.05, 4.69) is 4.99 Å². The van der Waals surface area contributed by atoms with Gasteiger partial charge in [-0.25, -0.2) is 0 Å². The van der Waals surface area contributed by atoms with Gasteiger partial charge in [-0.05, 0) is 0 Å². The molecule has 2 unspecified atom stereocenters. The third-order valence-electron chi connectivity index (χ3n) is 1.13. The Morgan fingerprint density at radius 2 is 2.00 bits per heavy atom. The summed E-state index contributed by atoms with van der Waals surface area (Å²) in [5.41, 5.74) is 4.97. The number of rotatable bonds is 5. The van der Waals surface area contributed by atoms with Crippen molar-refractivity contribution in [2.75, 3.05) is 6.54 Å². The number of unbranched alkanes of at least 4 members (excludes halogenated alkanes) is 1. The Balaban J connectivity index is 3.15. The summed E-state index contributed by atoms with van der Waals surface area (Å²) in [6, 6.07) is 0. The van der Waals surface area contributed by atoms with Crippen LogP contribution in [0.1, 0.15) is 19.3 Å². The molecule has 2 N–H and O–H groups in total. The molecular formula is C6H14As2N2O. The van der Waals surface area contributed by atoms with E-state index in [1.165, 1.54) is 3.29 Å². The average Bonchev–Trinajstić information content (AvgIpc) is 1.85. The first-order valence-electron chi connectivity index (χ1n) is 3.46. The number of nitrogens with zero attached hydrogens (tertiary/aromatic N) is 1. The van der Waals surface area contributed by atoms with E-state index in [0.717, 1.165) is 19.4 Å². The van der Waals surface area contributed by atoms with Crippen molar-refractivity contribution in [1.29, 1.82) is 0 Å². The monoisotopic (exact) mass is 280 g/mol. The van der Waals surface area contributed by atoms with Crippen LogP contribution in [0.4, 0.5) is 0 Å². The second kappa shape index (κ2) is 6.94. The number of aliphatic imine (C=N–C) groups is 1. The molecule has 5 heteroatoms. The fraction of sp³-hybridized carbons (Fsp3) is 0.667. The van der Waals surface area contributed by atoms with Crippen molar-refractivity contribution in [3.63, 3.8) is 0 Å². The van der Waals surface area contributed by atoms with Crippen LogP contribution < -0.4 is 5.73 Å². The van der Waals surface area contributed by atoms with Crippen LogP contribution in [0, 0.1) is 0 Å². The summed E-state index contributed by atoms with van der Waals surface area (Å²) in [4.78, 5) is 14.5. The van der Waals surface area contributed by atoms with E-state index in [0.29, 0.717) is 6.42 Å². The second-order valence-electron chi connectivity index (χ2n) is 2.23. The molecule has 0 aromatic heterocycles. The SMILES string of the molecule is NC(=O)CCCCN=C([AsH2])[AsH2]. The van der Waals surface area contributed by atoms with Gasteiger partial charge in [0.05, 0.1) is 0 Å². The Kier molecular flexibility index (Phi) is 7.10. The number of hydrogen-bond acceptors (Lipinski definition) is 2. The third kappa shape index (κ3) is 10.3. The van der Waals surface area contributed by atoms with Crippen molar-refractivity contribution in [3.05, 3.63) is 0 Å². The molecule has 0 bridgehead atoms. The molecule has 0 aromatic rings. The van der Waals surface area contributed by atoms with Crippen molar-refractivity contribution >= 4 is 42.9 Å². The maximum atomic E-state index is 10.3. The van der Waals surface area contributed by atoms with Crippen LogP contribution in [-0.2, 0) is 4.79 Å². The zero-order chi connectivity index (χ0) is 8.69. The average molecular weight is 280 g/mol. The zero-order valence-corrected chi connectivity index (χ0v) is 11.3. The van der Waals surface area contributed by atoms with Gasteiger partial charge in [-0.2, -0.15) is 0 Å². The molecule has 1 amide bonds. The van der Waals surface area contributed by atoms with Gasteiger partial charge in [0, 0.05) is 0 Å². The van der Waals surface area contributed by atoms with E-state index < -0.39 is 0 Å². The molecule has 0 aliphatic rings. The van der Waals surface area contributed by atoms with Gasteiger partial charge >= 0.3 is 84.2 Å². The summed E-state index contributed by atoms with van der Waals surface area (Å²) in [6.45, 7) is 0.846. The van der Waals surface area contributed by atoms with Crippen LogP contribution in [0.2, 0.25) is 0 Å². The Hall–Kier alpha value is 0.257. The van der Waals surface area contributed by atoms with Gasteiger partial charge in [-0.15, -0.1) is 0 Å². The van der Waals surface area contributed by atoms with Crippen molar-refractivity contribution in [1.82, 2.24) is 0 Å². The zero-order valence-electron chi connectivity index (χ0n) is 6.42. The van der Waals surface area contributed by atoms with Gasteiger partial charge in [-0.1, -0.05) is 0 Å². The molecule has 0 aromatic carbocycles. The summed E-state index contributed by atoms with van der Waals surface area (Å²) in [5.74, 6) is -0.212. The second-order valence-corrected chi connectivity index (χ2v) is 7.65. The summed E-state index contributed by atoms with van der Waals surface area (Å²) in [5, 5.41) is 0. The Morgan fingerprint density at radius 1 is 1.36 bits per heavy atom. The first kappa shape index (κ1) is 11.3. The summed E-state index contributed by atoms with van der Waals surface area (Å²) in [7, 11) is 0. The fourth-order valence-electron chi connectivity index (χ4n) is 0.619. The predicted molar refractivity (Wildman–Crippen MR) is 52.4 cm³/mol. The Morgan fingerprint density at radius 3 is 2.45 bits per heavy atom. The number of hydrogen-bond donors (Lipinski definition) is 1. The van der Waals surface area contributed by atoms with Crippen molar-refractivity contribution in [2.24, 2.45) is 10.7 Å². The van der Waals surface area contributed by atoms with Gasteiger partial charge in [0.15, 0.2) is 0 Å². The molecule has 0 fully saturated rings. The molecular weight excluding hydrogens is 266 g/mol. The molecule has 0 radical (unpaired) electrons. The molecule has 3 nitrogen and oxygen atoms in total. The molecule has 0 heterocycles. The first-order chi connectivity index (χ1) is 5.13. The van der Waals surface area contributed by atoms with Crippen LogP contribution in [0.25, 0.3) is 0 Å². The number of nitrogens with two attached hydrogens (primary N) is 1. The van der Waals surface area contributed by atoms with Crippen LogP contribution in [0.3, 0.4) is 0 Å². The summed E-state index contributed by atoms with van der Waals surface area (Å²) >= 11 is 3.16. The van der Waals surface area contributed by atoms with Gasteiger partial charge in [0.2, 0.25) is 0 Å². The maximum absolute atomic E-state index is 10.3. The van der Waals surface area contributed by atoms with E-state index >= 15 is 0 Å². The molecule has 11 heavy (non-hydrogen) atoms. The molecule has 2 atom stereocenters. The minimum absolute atomic E-state index is 0.212. The molecule has 0 aliphatic carbocycles. The van der Waals surface area contributed by atoms with E-state index in [4.69, 9.17) is 5.73 Å². The summed E-state index contributed by atoms with van der Waals surface area (Å²) < 4.78 is 1.21. The van der Waals surface area contributed by atoms with E-state index in [-0.39, 0.29) is 5.91 Å². The van der Waals surface area contributed by atoms with Crippen LogP contribution >= 0.6 is 0 Å². The van der Waals surface area contributed by atoms with Gasteiger partial charge in [0.1, 0.15) is 0 Å². The predicted octanol–water partition coefficient (Wildman–Crippen LogP) is -1.74. The standard InChI is InChI=1S/C6H14As2N2O/c7-6(8)10-4-2-1-3-5(9)11/h1-4,7-8H2,(H2,9,11). The molecule has 0 rings (SSSR count). The van der Waals surface area contributed by atoms with Gasteiger partial charge < -0.3 is 0 Å². The fourth-order valence-corrected chi connectivity index (χ4v) is 1.16. The Bertz CT molecular complexity index is 155. The number of primary amides is 1. The molecule has 0 spiro atoms. The number of carbonyl (C=O) groups excluding carboxylic acids is 1. The van der Waals surface area contributed by atoms with E-state index in [9.17, 15) is 4.79 Å². The topological polar surface area (TPSA) is 55.5 Å².